The second-order valence-electron chi connectivity index (χ2n) is 5.81. The highest BCUT2D eigenvalue weighted by Crippen LogP contribution is 2.25. The number of carbonyl (C=O) groups is 1. The highest BCUT2D eigenvalue weighted by atomic mass is 32.1. The molecule has 2 aromatic heterocycles. The van der Waals surface area contributed by atoms with Crippen LogP contribution in [-0.4, -0.2) is 35.7 Å². The summed E-state index contributed by atoms with van der Waals surface area (Å²) in [5.74, 6) is 0.320. The first-order valence-electron chi connectivity index (χ1n) is 8.78. The Hall–Kier alpha value is -2.82. The van der Waals surface area contributed by atoms with Crippen molar-refractivity contribution >= 4 is 49.9 Å². The molecule has 2 heterocycles. The highest BCUT2D eigenvalue weighted by Gasteiger charge is 2.10. The van der Waals surface area contributed by atoms with Gasteiger partial charge in [-0.15, -0.1) is 0 Å². The van der Waals surface area contributed by atoms with E-state index in [0.717, 1.165) is 27.3 Å². The van der Waals surface area contributed by atoms with Gasteiger partial charge in [0.15, 0.2) is 4.80 Å². The summed E-state index contributed by atoms with van der Waals surface area (Å²) in [7, 11) is 1.62. The number of nitro groups is 1. The molecule has 29 heavy (non-hydrogen) atoms. The van der Waals surface area contributed by atoms with E-state index in [-0.39, 0.29) is 5.00 Å². The van der Waals surface area contributed by atoms with Gasteiger partial charge in [0.1, 0.15) is 5.75 Å². The number of amides is 1. The number of thiophene rings is 1. The lowest BCUT2D eigenvalue weighted by molar-refractivity contribution is -0.380. The summed E-state index contributed by atoms with van der Waals surface area (Å²) in [6.45, 7) is 3.53. The Morgan fingerprint density at radius 1 is 1.31 bits per heavy atom. The largest absolute Gasteiger partial charge is 0.494 e. The van der Waals surface area contributed by atoms with Gasteiger partial charge in [0.2, 0.25) is 0 Å². The first kappa shape index (κ1) is 20.9. The second-order valence-corrected chi connectivity index (χ2v) is 7.91. The molecule has 0 fully saturated rings. The molecule has 1 amide bonds. The smallest absolute Gasteiger partial charge is 0.324 e. The lowest BCUT2D eigenvalue weighted by atomic mass is 10.3. The normalized spacial score (nSPS) is 12.1. The van der Waals surface area contributed by atoms with Crippen LogP contribution in [0, 0.1) is 10.1 Å². The first-order chi connectivity index (χ1) is 14.0. The van der Waals surface area contributed by atoms with Crippen LogP contribution in [0.4, 0.5) is 5.00 Å². The molecule has 8 nitrogen and oxygen atoms in total. The molecule has 0 radical (unpaired) electrons. The van der Waals surface area contributed by atoms with Gasteiger partial charge in [-0.05, 0) is 37.3 Å². The maximum absolute atomic E-state index is 12.4. The van der Waals surface area contributed by atoms with E-state index in [1.165, 1.54) is 29.6 Å². The summed E-state index contributed by atoms with van der Waals surface area (Å²) in [5, 5.41) is 10.8. The number of benzene rings is 1. The van der Waals surface area contributed by atoms with E-state index >= 15 is 0 Å². The van der Waals surface area contributed by atoms with Crippen LogP contribution >= 0.6 is 22.7 Å². The van der Waals surface area contributed by atoms with Gasteiger partial charge in [-0.25, -0.2) is 0 Å². The first-order valence-corrected chi connectivity index (χ1v) is 10.4. The van der Waals surface area contributed by atoms with Crippen molar-refractivity contribution in [2.45, 2.75) is 13.5 Å². The van der Waals surface area contributed by atoms with Gasteiger partial charge in [0.25, 0.3) is 5.91 Å². The number of carbonyl (C=O) groups excluding carboxylic acids is 1. The standard InChI is InChI=1S/C19H19N3O5S2/c1-3-27-13-4-7-15-16(12-13)29-19(21(15)10-11-26-2)20-17(23)8-5-14-6-9-18(28-14)22(24)25/h4-9,12H,3,10-11H2,1-2H3/b8-5-,20-19?. The summed E-state index contributed by atoms with van der Waals surface area (Å²) < 4.78 is 13.6. The van der Waals surface area contributed by atoms with E-state index in [1.807, 2.05) is 29.7 Å². The van der Waals surface area contributed by atoms with Crippen molar-refractivity contribution in [3.8, 4) is 5.75 Å². The lowest BCUT2D eigenvalue weighted by Gasteiger charge is -2.05. The van der Waals surface area contributed by atoms with Gasteiger partial charge < -0.3 is 14.0 Å². The number of nitrogens with zero attached hydrogens (tertiary/aromatic N) is 3. The molecule has 0 unspecified atom stereocenters. The number of thiazole rings is 1. The summed E-state index contributed by atoms with van der Waals surface area (Å²) in [6.07, 6.45) is 2.84. The molecule has 0 aliphatic rings. The zero-order valence-corrected chi connectivity index (χ0v) is 17.5. The molecule has 0 saturated carbocycles. The van der Waals surface area contributed by atoms with Crippen LogP contribution in [0.2, 0.25) is 0 Å². The van der Waals surface area contributed by atoms with Crippen molar-refractivity contribution in [2.75, 3.05) is 20.3 Å². The Kier molecular flexibility index (Phi) is 6.91. The summed E-state index contributed by atoms with van der Waals surface area (Å²) in [6, 6.07) is 8.76. The van der Waals surface area contributed by atoms with E-state index in [2.05, 4.69) is 4.99 Å². The molecule has 0 atom stereocenters. The lowest BCUT2D eigenvalue weighted by Crippen LogP contribution is -2.18. The summed E-state index contributed by atoms with van der Waals surface area (Å²) >= 11 is 2.39. The third-order valence-electron chi connectivity index (χ3n) is 3.87. The van der Waals surface area contributed by atoms with Gasteiger partial charge in [-0.3, -0.25) is 14.9 Å². The van der Waals surface area contributed by atoms with Crippen LogP contribution in [0.5, 0.6) is 5.75 Å². The number of fused-ring (bicyclic) bond motifs is 1. The molecule has 3 rings (SSSR count). The maximum Gasteiger partial charge on any atom is 0.324 e. The van der Waals surface area contributed by atoms with Crippen molar-refractivity contribution in [1.82, 2.24) is 4.57 Å². The Balaban J connectivity index is 1.92. The number of rotatable bonds is 8. The van der Waals surface area contributed by atoms with Crippen molar-refractivity contribution in [3.63, 3.8) is 0 Å². The third kappa shape index (κ3) is 5.17. The molecule has 152 valence electrons. The van der Waals surface area contributed by atoms with Gasteiger partial charge in [0, 0.05) is 30.7 Å². The number of ether oxygens (including phenoxy) is 2. The minimum atomic E-state index is -0.458. The zero-order valence-electron chi connectivity index (χ0n) is 15.9. The quantitative estimate of drug-likeness (QED) is 0.305. The Morgan fingerprint density at radius 3 is 2.83 bits per heavy atom. The summed E-state index contributed by atoms with van der Waals surface area (Å²) in [5.41, 5.74) is 0.944. The highest BCUT2D eigenvalue weighted by molar-refractivity contribution is 7.16. The summed E-state index contributed by atoms with van der Waals surface area (Å²) in [4.78, 5) is 28.0. The Bertz CT molecular complexity index is 1130. The molecule has 0 N–H and O–H groups in total. The second kappa shape index (κ2) is 9.59. The average Bonchev–Trinajstić information content (AvgIpc) is 3.29. The molecule has 0 saturated heterocycles. The molecular weight excluding hydrogens is 414 g/mol. The van der Waals surface area contributed by atoms with Gasteiger partial charge in [-0.1, -0.05) is 22.7 Å². The molecule has 10 heteroatoms. The van der Waals surface area contributed by atoms with Crippen LogP contribution in [0.3, 0.4) is 0 Å². The van der Waals surface area contributed by atoms with E-state index < -0.39 is 10.8 Å². The predicted molar refractivity (Wildman–Crippen MR) is 113 cm³/mol. The Morgan fingerprint density at radius 2 is 2.14 bits per heavy atom. The topological polar surface area (TPSA) is 96.0 Å². The van der Waals surface area contributed by atoms with Gasteiger partial charge >= 0.3 is 5.00 Å². The van der Waals surface area contributed by atoms with Crippen LogP contribution in [0.1, 0.15) is 11.8 Å². The van der Waals surface area contributed by atoms with E-state index in [9.17, 15) is 14.9 Å². The van der Waals surface area contributed by atoms with E-state index in [1.54, 1.807) is 13.2 Å². The van der Waals surface area contributed by atoms with Gasteiger partial charge in [-0.2, -0.15) is 4.99 Å². The van der Waals surface area contributed by atoms with Crippen molar-refractivity contribution < 1.29 is 19.2 Å². The van der Waals surface area contributed by atoms with E-state index in [0.29, 0.717) is 29.4 Å². The number of hydrogen-bond acceptors (Lipinski definition) is 7. The number of methoxy groups -OCH3 is 1. The van der Waals surface area contributed by atoms with Crippen molar-refractivity contribution in [2.24, 2.45) is 4.99 Å². The van der Waals surface area contributed by atoms with Crippen LogP contribution < -0.4 is 9.54 Å². The molecule has 0 spiro atoms. The minimum Gasteiger partial charge on any atom is -0.494 e. The maximum atomic E-state index is 12.4. The third-order valence-corrected chi connectivity index (χ3v) is 5.92. The molecule has 3 aromatic rings. The zero-order chi connectivity index (χ0) is 20.8. The SMILES string of the molecule is CCOc1ccc2c(c1)sc(=NC(=O)/C=C\c1ccc([N+](=O)[O-])s1)n2CCOC. The van der Waals surface area contributed by atoms with Crippen molar-refractivity contribution in [3.05, 3.63) is 56.2 Å². The molecule has 0 aliphatic carbocycles. The van der Waals surface area contributed by atoms with Crippen LogP contribution in [0.25, 0.3) is 16.3 Å². The monoisotopic (exact) mass is 433 g/mol. The minimum absolute atomic E-state index is 0.0288. The number of hydrogen-bond donors (Lipinski definition) is 0. The number of aromatic nitrogens is 1. The van der Waals surface area contributed by atoms with Crippen LogP contribution in [-0.2, 0) is 16.1 Å². The Labute approximate surface area is 174 Å². The fourth-order valence-corrected chi connectivity index (χ4v) is 4.42. The van der Waals surface area contributed by atoms with E-state index in [4.69, 9.17) is 9.47 Å². The van der Waals surface area contributed by atoms with Gasteiger partial charge in [0.05, 0.1) is 28.4 Å². The fourth-order valence-electron chi connectivity index (χ4n) is 2.61. The molecule has 1 aromatic carbocycles. The predicted octanol–water partition coefficient (Wildman–Crippen LogP) is 3.86. The fraction of sp³-hybridized carbons (Fsp3) is 0.263. The average molecular weight is 434 g/mol. The van der Waals surface area contributed by atoms with Crippen LogP contribution in [0.15, 0.2) is 41.4 Å². The molecule has 0 aliphatic heterocycles. The van der Waals surface area contributed by atoms with Crippen molar-refractivity contribution in [1.29, 1.82) is 0 Å². The molecule has 0 bridgehead atoms. The molecular formula is C19H19N3O5S2.